The summed E-state index contributed by atoms with van der Waals surface area (Å²) in [7, 11) is 1.54. The van der Waals surface area contributed by atoms with Crippen molar-refractivity contribution in [2.45, 2.75) is 18.6 Å². The zero-order valence-electron chi connectivity index (χ0n) is 10.4. The van der Waals surface area contributed by atoms with Crippen LogP contribution in [0.4, 0.5) is 5.82 Å². The van der Waals surface area contributed by atoms with Gasteiger partial charge in [0.1, 0.15) is 11.9 Å². The number of nitrogens with zero attached hydrogens (tertiary/aromatic N) is 2. The van der Waals surface area contributed by atoms with Gasteiger partial charge < -0.3 is 20.5 Å². The number of methoxy groups -OCH3 is 1. The van der Waals surface area contributed by atoms with Gasteiger partial charge in [-0.2, -0.15) is 0 Å². The Kier molecular flexibility index (Phi) is 3.66. The van der Waals surface area contributed by atoms with Gasteiger partial charge in [0.25, 0.3) is 0 Å². The molecule has 2 atom stereocenters. The summed E-state index contributed by atoms with van der Waals surface area (Å²) in [6.07, 6.45) is 1.66. The van der Waals surface area contributed by atoms with Gasteiger partial charge in [-0.25, -0.2) is 9.78 Å². The highest BCUT2D eigenvalue weighted by molar-refractivity contribution is 5.93. The van der Waals surface area contributed by atoms with Gasteiger partial charge in [-0.15, -0.1) is 0 Å². The number of carboxylic acids is 1. The summed E-state index contributed by atoms with van der Waals surface area (Å²) in [5, 5.41) is 9.22. The largest absolute Gasteiger partial charge is 0.480 e. The minimum Gasteiger partial charge on any atom is -0.480 e. The Bertz CT molecular complexity index is 506. The first-order valence-electron chi connectivity index (χ1n) is 5.81. The van der Waals surface area contributed by atoms with Crippen LogP contribution in [-0.2, 0) is 9.53 Å². The zero-order valence-corrected chi connectivity index (χ0v) is 10.4. The maximum Gasteiger partial charge on any atom is 0.326 e. The number of aliphatic carboxylic acids is 1. The van der Waals surface area contributed by atoms with Crippen LogP contribution >= 0.6 is 0 Å². The normalized spacial score (nSPS) is 22.5. The number of hydrogen-bond acceptors (Lipinski definition) is 5. The Morgan fingerprint density at radius 2 is 2.32 bits per heavy atom. The molecule has 0 saturated carbocycles. The molecule has 1 aliphatic rings. The second-order valence-corrected chi connectivity index (χ2v) is 4.37. The molecule has 2 heterocycles. The van der Waals surface area contributed by atoms with E-state index in [2.05, 4.69) is 4.98 Å². The van der Waals surface area contributed by atoms with Crippen molar-refractivity contribution in [2.75, 3.05) is 18.6 Å². The molecule has 1 aromatic rings. The van der Waals surface area contributed by atoms with Crippen molar-refractivity contribution in [3.8, 4) is 0 Å². The molecule has 0 aromatic carbocycles. The standard InChI is InChI=1S/C12H15N3O4/c1-19-8-5-9(12(17)18)15(6-8)10-4-7(11(13)16)2-3-14-10/h2-4,8-9H,5-6H2,1H3,(H2,13,16)(H,17,18). The molecule has 1 aliphatic heterocycles. The van der Waals surface area contributed by atoms with E-state index >= 15 is 0 Å². The van der Waals surface area contributed by atoms with Crippen molar-refractivity contribution in [1.82, 2.24) is 4.98 Å². The van der Waals surface area contributed by atoms with Crippen molar-refractivity contribution in [2.24, 2.45) is 5.73 Å². The van der Waals surface area contributed by atoms with E-state index in [0.717, 1.165) is 0 Å². The first-order chi connectivity index (χ1) is 9.02. The maximum atomic E-state index is 11.2. The van der Waals surface area contributed by atoms with Crippen LogP contribution < -0.4 is 10.6 Å². The molecular weight excluding hydrogens is 250 g/mol. The highest BCUT2D eigenvalue weighted by Gasteiger charge is 2.37. The Morgan fingerprint density at radius 1 is 1.58 bits per heavy atom. The van der Waals surface area contributed by atoms with E-state index in [1.165, 1.54) is 18.3 Å². The quantitative estimate of drug-likeness (QED) is 0.784. The lowest BCUT2D eigenvalue weighted by Gasteiger charge is -2.22. The summed E-state index contributed by atoms with van der Waals surface area (Å²) in [5.41, 5.74) is 5.50. The van der Waals surface area contributed by atoms with Crippen molar-refractivity contribution >= 4 is 17.7 Å². The van der Waals surface area contributed by atoms with Gasteiger partial charge in [-0.3, -0.25) is 4.79 Å². The molecule has 2 unspecified atom stereocenters. The average Bonchev–Trinajstić information content (AvgIpc) is 2.83. The summed E-state index contributed by atoms with van der Waals surface area (Å²) >= 11 is 0. The molecule has 102 valence electrons. The number of anilines is 1. The number of rotatable bonds is 4. The summed E-state index contributed by atoms with van der Waals surface area (Å²) < 4.78 is 5.20. The van der Waals surface area contributed by atoms with E-state index in [1.54, 1.807) is 12.0 Å². The summed E-state index contributed by atoms with van der Waals surface area (Å²) in [4.78, 5) is 28.1. The van der Waals surface area contributed by atoms with Crippen molar-refractivity contribution in [1.29, 1.82) is 0 Å². The van der Waals surface area contributed by atoms with Crippen LogP contribution in [0.3, 0.4) is 0 Å². The monoisotopic (exact) mass is 265 g/mol. The van der Waals surface area contributed by atoms with Crippen LogP contribution in [0, 0.1) is 0 Å². The number of carboxylic acid groups (broad SMARTS) is 1. The van der Waals surface area contributed by atoms with E-state index in [9.17, 15) is 14.7 Å². The molecule has 0 bridgehead atoms. The number of hydrogen-bond donors (Lipinski definition) is 2. The smallest absolute Gasteiger partial charge is 0.326 e. The van der Waals surface area contributed by atoms with E-state index in [4.69, 9.17) is 10.5 Å². The average molecular weight is 265 g/mol. The van der Waals surface area contributed by atoms with Gasteiger partial charge in [-0.1, -0.05) is 0 Å². The second kappa shape index (κ2) is 5.23. The zero-order chi connectivity index (χ0) is 14.0. The summed E-state index contributed by atoms with van der Waals surface area (Å²) in [6, 6.07) is 2.28. The minimum absolute atomic E-state index is 0.167. The lowest BCUT2D eigenvalue weighted by molar-refractivity contribution is -0.138. The minimum atomic E-state index is -0.939. The molecule has 1 amide bonds. The first kappa shape index (κ1) is 13.3. The third-order valence-corrected chi connectivity index (χ3v) is 3.21. The van der Waals surface area contributed by atoms with Crippen LogP contribution in [0.5, 0.6) is 0 Å². The number of aromatic nitrogens is 1. The second-order valence-electron chi connectivity index (χ2n) is 4.37. The summed E-state index contributed by atoms with van der Waals surface area (Å²) in [6.45, 7) is 0.419. The highest BCUT2D eigenvalue weighted by atomic mass is 16.5. The number of ether oxygens (including phenoxy) is 1. The van der Waals surface area contributed by atoms with Crippen LogP contribution in [0.15, 0.2) is 18.3 Å². The fourth-order valence-corrected chi connectivity index (χ4v) is 2.18. The molecule has 1 saturated heterocycles. The summed E-state index contributed by atoms with van der Waals surface area (Å²) in [5.74, 6) is -1.09. The van der Waals surface area contributed by atoms with Gasteiger partial charge in [-0.05, 0) is 12.1 Å². The molecular formula is C12H15N3O4. The molecule has 7 nitrogen and oxygen atoms in total. The number of carbonyl (C=O) groups excluding carboxylic acids is 1. The predicted molar refractivity (Wildman–Crippen MR) is 66.9 cm³/mol. The van der Waals surface area contributed by atoms with Gasteiger partial charge in [0.2, 0.25) is 5.91 Å². The number of pyridine rings is 1. The molecule has 0 radical (unpaired) electrons. The van der Waals surface area contributed by atoms with Crippen LogP contribution in [0.25, 0.3) is 0 Å². The highest BCUT2D eigenvalue weighted by Crippen LogP contribution is 2.26. The molecule has 19 heavy (non-hydrogen) atoms. The maximum absolute atomic E-state index is 11.2. The van der Waals surface area contributed by atoms with E-state index in [-0.39, 0.29) is 6.10 Å². The van der Waals surface area contributed by atoms with Crippen molar-refractivity contribution in [3.63, 3.8) is 0 Å². The third-order valence-electron chi connectivity index (χ3n) is 3.21. The fourth-order valence-electron chi connectivity index (χ4n) is 2.18. The van der Waals surface area contributed by atoms with Gasteiger partial charge in [0.15, 0.2) is 0 Å². The predicted octanol–water partition coefficient (Wildman–Crippen LogP) is -0.141. The van der Waals surface area contributed by atoms with E-state index in [0.29, 0.717) is 24.3 Å². The Labute approximate surface area is 110 Å². The van der Waals surface area contributed by atoms with Crippen LogP contribution in [-0.4, -0.2) is 47.8 Å². The lowest BCUT2D eigenvalue weighted by Crippen LogP contribution is -2.36. The lowest BCUT2D eigenvalue weighted by atomic mass is 10.2. The number of carbonyl (C=O) groups is 2. The molecule has 1 fully saturated rings. The van der Waals surface area contributed by atoms with E-state index < -0.39 is 17.9 Å². The molecule has 0 aliphatic carbocycles. The SMILES string of the molecule is COC1CC(C(=O)O)N(c2cc(C(N)=O)ccn2)C1. The third kappa shape index (κ3) is 2.65. The van der Waals surface area contributed by atoms with Crippen molar-refractivity contribution in [3.05, 3.63) is 23.9 Å². The van der Waals surface area contributed by atoms with Gasteiger partial charge in [0.05, 0.1) is 6.10 Å². The number of primary amides is 1. The van der Waals surface area contributed by atoms with Crippen LogP contribution in [0.2, 0.25) is 0 Å². The Hall–Kier alpha value is -2.15. The molecule has 0 spiro atoms. The Morgan fingerprint density at radius 3 is 2.89 bits per heavy atom. The molecule has 3 N–H and O–H groups in total. The molecule has 7 heteroatoms. The van der Waals surface area contributed by atoms with Gasteiger partial charge >= 0.3 is 5.97 Å². The first-order valence-corrected chi connectivity index (χ1v) is 5.81. The fraction of sp³-hybridized carbons (Fsp3) is 0.417. The number of amides is 1. The van der Waals surface area contributed by atoms with Crippen LogP contribution in [0.1, 0.15) is 16.8 Å². The number of nitrogens with two attached hydrogens (primary N) is 1. The molecule has 2 rings (SSSR count). The van der Waals surface area contributed by atoms with Crippen molar-refractivity contribution < 1.29 is 19.4 Å². The Balaban J connectivity index is 2.31. The molecule has 1 aromatic heterocycles. The van der Waals surface area contributed by atoms with Gasteiger partial charge in [0, 0.05) is 31.8 Å². The van der Waals surface area contributed by atoms with E-state index in [1.807, 2.05) is 0 Å². The topological polar surface area (TPSA) is 106 Å².